The molecule has 4 aliphatic rings. The minimum Gasteiger partial charge on any atom is -0.376 e. The van der Waals surface area contributed by atoms with E-state index in [1.807, 2.05) is 0 Å². The number of hydrogen-bond donors (Lipinski definition) is 2. The van der Waals surface area contributed by atoms with E-state index in [9.17, 15) is 9.90 Å². The zero-order valence-electron chi connectivity index (χ0n) is 16.7. The van der Waals surface area contributed by atoms with Crippen LogP contribution in [0.5, 0.6) is 0 Å². The lowest BCUT2D eigenvalue weighted by Gasteiger charge is -2.60. The van der Waals surface area contributed by atoms with Gasteiger partial charge in [-0.25, -0.2) is 0 Å². The molecule has 4 fully saturated rings. The van der Waals surface area contributed by atoms with Gasteiger partial charge in [0.05, 0.1) is 6.10 Å². The van der Waals surface area contributed by atoms with Crippen molar-refractivity contribution in [1.29, 1.82) is 0 Å². The molecule has 4 saturated carbocycles. The Morgan fingerprint density at radius 3 is 2.65 bits per heavy atom. The summed E-state index contributed by atoms with van der Waals surface area (Å²) in [6, 6.07) is 0. The first kappa shape index (κ1) is 18.9. The number of rotatable bonds is 3. The Kier molecular flexibility index (Phi) is 4.77. The van der Waals surface area contributed by atoms with Gasteiger partial charge in [-0.15, -0.1) is 0 Å². The van der Waals surface area contributed by atoms with Crippen LogP contribution in [0.1, 0.15) is 78.6 Å². The molecule has 4 heteroatoms. The van der Waals surface area contributed by atoms with Crippen molar-refractivity contribution < 1.29 is 14.6 Å². The van der Waals surface area contributed by atoms with Crippen molar-refractivity contribution in [2.24, 2.45) is 40.2 Å². The van der Waals surface area contributed by atoms with Crippen LogP contribution >= 0.6 is 0 Å². The van der Waals surface area contributed by atoms with Gasteiger partial charge in [0.1, 0.15) is 12.3 Å². The van der Waals surface area contributed by atoms with Crippen LogP contribution in [-0.4, -0.2) is 29.3 Å². The van der Waals surface area contributed by atoms with E-state index in [4.69, 9.17) is 10.5 Å². The molecule has 0 aliphatic heterocycles. The molecule has 0 saturated heterocycles. The summed E-state index contributed by atoms with van der Waals surface area (Å²) in [4.78, 5) is 12.7. The number of carbonyl (C=O) groups excluding carboxylic acids is 1. The standard InChI is InChI=1S/C22H37NO3/c1-13(20(23)25)26-19-12-22(3)14(11-18(19)24)6-7-15-16-5-4-9-21(16,2)10-8-17(15)22/h13-17,19-20,25H,4-12,23H2,1-3H3/t13?,14?,15-,16-,17-,19?,20?,21-,22-/m0/s1. The van der Waals surface area contributed by atoms with Crippen molar-refractivity contribution in [3.63, 3.8) is 0 Å². The minimum absolute atomic E-state index is 0.199. The number of Topliss-reactive ketones (excluding diaryl/α,β-unsaturated/α-hetero) is 1. The molecule has 4 aliphatic carbocycles. The van der Waals surface area contributed by atoms with Crippen molar-refractivity contribution in [1.82, 2.24) is 0 Å². The van der Waals surface area contributed by atoms with E-state index < -0.39 is 12.3 Å². The van der Waals surface area contributed by atoms with Gasteiger partial charge in [-0.3, -0.25) is 4.79 Å². The summed E-state index contributed by atoms with van der Waals surface area (Å²) in [6.45, 7) is 6.75. The third-order valence-corrected chi connectivity index (χ3v) is 9.14. The molecule has 0 aromatic rings. The number of fused-ring (bicyclic) bond motifs is 5. The molecule has 0 spiro atoms. The highest BCUT2D eigenvalue weighted by atomic mass is 16.5. The van der Waals surface area contributed by atoms with E-state index in [-0.39, 0.29) is 17.3 Å². The van der Waals surface area contributed by atoms with Gasteiger partial charge in [-0.2, -0.15) is 0 Å². The average Bonchev–Trinajstić information content (AvgIpc) is 2.97. The number of nitrogens with two attached hydrogens (primary N) is 1. The first-order chi connectivity index (χ1) is 12.2. The maximum absolute atomic E-state index is 12.7. The molecule has 3 N–H and O–H groups in total. The monoisotopic (exact) mass is 363 g/mol. The smallest absolute Gasteiger partial charge is 0.161 e. The van der Waals surface area contributed by atoms with Crippen molar-refractivity contribution >= 4 is 5.78 Å². The zero-order valence-corrected chi connectivity index (χ0v) is 16.7. The van der Waals surface area contributed by atoms with E-state index in [1.54, 1.807) is 6.92 Å². The van der Waals surface area contributed by atoms with E-state index in [2.05, 4.69) is 13.8 Å². The fraction of sp³-hybridized carbons (Fsp3) is 0.955. The van der Waals surface area contributed by atoms with Crippen LogP contribution in [0.3, 0.4) is 0 Å². The van der Waals surface area contributed by atoms with E-state index >= 15 is 0 Å². The van der Waals surface area contributed by atoms with Crippen LogP contribution in [0, 0.1) is 34.5 Å². The van der Waals surface area contributed by atoms with Gasteiger partial charge in [0.15, 0.2) is 5.78 Å². The van der Waals surface area contributed by atoms with Crippen molar-refractivity contribution in [3.8, 4) is 0 Å². The fourth-order valence-corrected chi connectivity index (χ4v) is 7.53. The van der Waals surface area contributed by atoms with Gasteiger partial charge < -0.3 is 15.6 Å². The highest BCUT2D eigenvalue weighted by Crippen LogP contribution is 2.66. The molecular formula is C22H37NO3. The third kappa shape index (κ3) is 2.87. The summed E-state index contributed by atoms with van der Waals surface area (Å²) < 4.78 is 5.94. The van der Waals surface area contributed by atoms with Crippen LogP contribution in [0.2, 0.25) is 0 Å². The van der Waals surface area contributed by atoms with Gasteiger partial charge in [-0.1, -0.05) is 20.3 Å². The van der Waals surface area contributed by atoms with E-state index in [0.29, 0.717) is 17.8 Å². The van der Waals surface area contributed by atoms with Gasteiger partial charge in [0, 0.05) is 6.42 Å². The first-order valence-corrected chi connectivity index (χ1v) is 10.9. The second-order valence-electron chi connectivity index (χ2n) is 10.4. The molecular weight excluding hydrogens is 326 g/mol. The molecule has 4 rings (SSSR count). The highest BCUT2D eigenvalue weighted by molar-refractivity contribution is 5.84. The molecule has 0 amide bonds. The summed E-state index contributed by atoms with van der Waals surface area (Å²) in [5.74, 6) is 3.19. The lowest BCUT2D eigenvalue weighted by atomic mass is 9.45. The van der Waals surface area contributed by atoms with Crippen LogP contribution in [0.25, 0.3) is 0 Å². The van der Waals surface area contributed by atoms with Crippen LogP contribution in [-0.2, 0) is 9.53 Å². The summed E-state index contributed by atoms with van der Waals surface area (Å²) >= 11 is 0. The van der Waals surface area contributed by atoms with Gasteiger partial charge >= 0.3 is 0 Å². The van der Waals surface area contributed by atoms with Crippen molar-refractivity contribution in [3.05, 3.63) is 0 Å². The molecule has 148 valence electrons. The molecule has 0 aromatic heterocycles. The highest BCUT2D eigenvalue weighted by Gasteiger charge is 2.59. The number of ketones is 1. The molecule has 0 heterocycles. The Labute approximate surface area is 158 Å². The average molecular weight is 364 g/mol. The molecule has 4 nitrogen and oxygen atoms in total. The quantitative estimate of drug-likeness (QED) is 0.751. The van der Waals surface area contributed by atoms with Crippen LogP contribution < -0.4 is 5.73 Å². The molecule has 26 heavy (non-hydrogen) atoms. The van der Waals surface area contributed by atoms with Crippen molar-refractivity contribution in [2.45, 2.75) is 97.0 Å². The zero-order chi connectivity index (χ0) is 18.7. The Bertz CT molecular complexity index is 564. The largest absolute Gasteiger partial charge is 0.376 e. The molecule has 9 atom stereocenters. The molecule has 0 aromatic carbocycles. The Morgan fingerprint density at radius 1 is 1.15 bits per heavy atom. The summed E-state index contributed by atoms with van der Waals surface area (Å²) in [6.07, 6.45) is 9.00. The van der Waals surface area contributed by atoms with Crippen LogP contribution in [0.15, 0.2) is 0 Å². The van der Waals surface area contributed by atoms with E-state index in [1.165, 1.54) is 44.9 Å². The number of aliphatic hydroxyl groups is 1. The Morgan fingerprint density at radius 2 is 1.92 bits per heavy atom. The summed E-state index contributed by atoms with van der Waals surface area (Å²) in [5, 5.41) is 9.59. The van der Waals surface area contributed by atoms with Gasteiger partial charge in [0.2, 0.25) is 0 Å². The van der Waals surface area contributed by atoms with Crippen LogP contribution in [0.4, 0.5) is 0 Å². The normalized spacial score (nSPS) is 50.5. The lowest BCUT2D eigenvalue weighted by molar-refractivity contribution is -0.170. The predicted octanol–water partition coefficient (Wildman–Crippen LogP) is 3.65. The first-order valence-electron chi connectivity index (χ1n) is 10.9. The number of hydrogen-bond acceptors (Lipinski definition) is 4. The third-order valence-electron chi connectivity index (χ3n) is 9.14. The SMILES string of the molecule is CC(OC1C[C@@]2(C)C(CC[C@H]3[C@@H]4CCC[C@@]4(C)CC[C@@H]32)CC1=O)C(N)O. The second-order valence-corrected chi connectivity index (χ2v) is 10.4. The van der Waals surface area contributed by atoms with Gasteiger partial charge in [0.25, 0.3) is 0 Å². The Balaban J connectivity index is 1.56. The lowest BCUT2D eigenvalue weighted by Crippen LogP contribution is -2.56. The summed E-state index contributed by atoms with van der Waals surface area (Å²) in [5.41, 5.74) is 6.33. The molecule has 0 radical (unpaired) electrons. The molecule has 4 unspecified atom stereocenters. The number of ether oxygens (including phenoxy) is 1. The predicted molar refractivity (Wildman–Crippen MR) is 101 cm³/mol. The number of aliphatic hydroxyl groups excluding tert-OH is 1. The topological polar surface area (TPSA) is 72.5 Å². The Hall–Kier alpha value is -0.450. The summed E-state index contributed by atoms with van der Waals surface area (Å²) in [7, 11) is 0. The fourth-order valence-electron chi connectivity index (χ4n) is 7.53. The van der Waals surface area contributed by atoms with Crippen molar-refractivity contribution in [2.75, 3.05) is 0 Å². The molecule has 0 bridgehead atoms. The number of carbonyl (C=O) groups is 1. The van der Waals surface area contributed by atoms with E-state index in [0.717, 1.165) is 24.2 Å². The minimum atomic E-state index is -1.03. The maximum atomic E-state index is 12.7. The maximum Gasteiger partial charge on any atom is 0.161 e. The second kappa shape index (κ2) is 6.56. The van der Waals surface area contributed by atoms with Gasteiger partial charge in [-0.05, 0) is 86.4 Å².